The van der Waals surface area contributed by atoms with E-state index in [4.69, 9.17) is 0 Å². The summed E-state index contributed by atoms with van der Waals surface area (Å²) in [5, 5.41) is 9.68. The Morgan fingerprint density at radius 3 is 3.00 bits per heavy atom. The van der Waals surface area contributed by atoms with Gasteiger partial charge in [0, 0.05) is 37.6 Å². The molecule has 0 atom stereocenters. The van der Waals surface area contributed by atoms with Crippen LogP contribution in [0.3, 0.4) is 0 Å². The van der Waals surface area contributed by atoms with Crippen LogP contribution in [0.2, 0.25) is 0 Å². The number of nitrogens with one attached hydrogen (secondary N) is 2. The molecule has 0 aliphatic heterocycles. The molecule has 1 heterocycles. The molecule has 0 radical (unpaired) electrons. The summed E-state index contributed by atoms with van der Waals surface area (Å²) >= 11 is 1.73. The van der Waals surface area contributed by atoms with Crippen LogP contribution in [0.5, 0.6) is 0 Å². The summed E-state index contributed by atoms with van der Waals surface area (Å²) in [5.74, 6) is 0.820. The lowest BCUT2D eigenvalue weighted by molar-refractivity contribution is 0.749. The second kappa shape index (κ2) is 7.84. The number of aryl methyl sites for hydroxylation is 2. The lowest BCUT2D eigenvalue weighted by Crippen LogP contribution is -2.37. The van der Waals surface area contributed by atoms with Gasteiger partial charge in [-0.25, -0.2) is 4.98 Å². The van der Waals surface area contributed by atoms with E-state index >= 15 is 0 Å². The Morgan fingerprint density at radius 1 is 1.59 bits per heavy atom. The van der Waals surface area contributed by atoms with Crippen LogP contribution in [-0.4, -0.2) is 31.1 Å². The molecule has 1 aromatic heterocycles. The van der Waals surface area contributed by atoms with Gasteiger partial charge in [-0.05, 0) is 13.3 Å². The molecule has 94 valence electrons. The molecular formula is C12H20N4S. The van der Waals surface area contributed by atoms with E-state index in [1.807, 2.05) is 13.0 Å². The average molecular weight is 252 g/mol. The van der Waals surface area contributed by atoms with Crippen molar-refractivity contribution in [2.24, 2.45) is 4.99 Å². The maximum atomic E-state index is 4.43. The quantitative estimate of drug-likeness (QED) is 0.351. The lowest BCUT2D eigenvalue weighted by atomic mass is 10.3. The first-order valence-electron chi connectivity index (χ1n) is 5.72. The minimum Gasteiger partial charge on any atom is -0.356 e. The molecule has 0 amide bonds. The molecule has 5 heteroatoms. The summed E-state index contributed by atoms with van der Waals surface area (Å²) in [6.07, 6.45) is 3.89. The summed E-state index contributed by atoms with van der Waals surface area (Å²) in [5.41, 5.74) is 1.11. The highest BCUT2D eigenvalue weighted by Crippen LogP contribution is 2.10. The van der Waals surface area contributed by atoms with Crippen LogP contribution in [-0.2, 0) is 6.42 Å². The fraction of sp³-hybridized carbons (Fsp3) is 0.500. The molecule has 0 bridgehead atoms. The van der Waals surface area contributed by atoms with Crippen molar-refractivity contribution in [3.8, 4) is 0 Å². The number of aliphatic imine (C=N–C) groups is 1. The third-order valence-electron chi connectivity index (χ3n) is 2.16. The fourth-order valence-corrected chi connectivity index (χ4v) is 2.17. The molecule has 0 aliphatic rings. The fourth-order valence-electron chi connectivity index (χ4n) is 1.35. The van der Waals surface area contributed by atoms with Gasteiger partial charge in [-0.3, -0.25) is 4.99 Å². The summed E-state index contributed by atoms with van der Waals surface area (Å²) < 4.78 is 0. The van der Waals surface area contributed by atoms with Crippen LogP contribution in [0.15, 0.2) is 23.0 Å². The Balaban J connectivity index is 2.16. The smallest absolute Gasteiger partial charge is 0.191 e. The van der Waals surface area contributed by atoms with Crippen molar-refractivity contribution in [2.75, 3.05) is 20.1 Å². The topological polar surface area (TPSA) is 49.3 Å². The summed E-state index contributed by atoms with van der Waals surface area (Å²) in [7, 11) is 1.77. The van der Waals surface area contributed by atoms with E-state index in [0.717, 1.165) is 37.6 Å². The number of nitrogens with zero attached hydrogens (tertiary/aromatic N) is 2. The number of hydrogen-bond acceptors (Lipinski definition) is 3. The van der Waals surface area contributed by atoms with Gasteiger partial charge in [0.25, 0.3) is 0 Å². The molecule has 0 spiro atoms. The number of aromatic nitrogens is 1. The van der Waals surface area contributed by atoms with Crippen molar-refractivity contribution >= 4 is 17.3 Å². The first-order chi connectivity index (χ1) is 8.26. The van der Waals surface area contributed by atoms with Crippen LogP contribution >= 0.6 is 11.3 Å². The molecule has 0 unspecified atom stereocenters. The van der Waals surface area contributed by atoms with Gasteiger partial charge in [0.05, 0.1) is 5.01 Å². The van der Waals surface area contributed by atoms with Gasteiger partial charge in [-0.2, -0.15) is 0 Å². The Labute approximate surface area is 107 Å². The molecule has 1 aromatic rings. The maximum Gasteiger partial charge on any atom is 0.191 e. The average Bonchev–Trinajstić information content (AvgIpc) is 2.74. The van der Waals surface area contributed by atoms with E-state index in [1.165, 1.54) is 5.01 Å². The summed E-state index contributed by atoms with van der Waals surface area (Å²) in [4.78, 5) is 8.54. The van der Waals surface area contributed by atoms with Crippen molar-refractivity contribution in [3.05, 3.63) is 28.7 Å². The number of hydrogen-bond donors (Lipinski definition) is 2. The van der Waals surface area contributed by atoms with E-state index < -0.39 is 0 Å². The zero-order chi connectivity index (χ0) is 12.5. The standard InChI is InChI=1S/C12H20N4S/c1-4-7-14-12(13-3)15-8-5-6-11-16-10(2)9-17-11/h4,9H,1,5-8H2,2-3H3,(H2,13,14,15). The van der Waals surface area contributed by atoms with E-state index in [0.29, 0.717) is 0 Å². The van der Waals surface area contributed by atoms with Crippen LogP contribution < -0.4 is 10.6 Å². The Bertz CT molecular complexity index is 370. The number of thiazole rings is 1. The van der Waals surface area contributed by atoms with E-state index in [-0.39, 0.29) is 0 Å². The molecule has 1 rings (SSSR count). The molecule has 0 fully saturated rings. The van der Waals surface area contributed by atoms with Gasteiger partial charge in [0.1, 0.15) is 0 Å². The molecule has 0 saturated heterocycles. The van der Waals surface area contributed by atoms with Gasteiger partial charge >= 0.3 is 0 Å². The van der Waals surface area contributed by atoms with Crippen molar-refractivity contribution in [2.45, 2.75) is 19.8 Å². The molecule has 0 saturated carbocycles. The van der Waals surface area contributed by atoms with Gasteiger partial charge < -0.3 is 10.6 Å². The molecule has 0 aliphatic carbocycles. The molecular weight excluding hydrogens is 232 g/mol. The molecule has 2 N–H and O–H groups in total. The van der Waals surface area contributed by atoms with Crippen molar-refractivity contribution < 1.29 is 0 Å². The number of guanidine groups is 1. The van der Waals surface area contributed by atoms with E-state index in [2.05, 4.69) is 32.6 Å². The van der Waals surface area contributed by atoms with Crippen molar-refractivity contribution in [3.63, 3.8) is 0 Å². The first kappa shape index (κ1) is 13.7. The predicted octanol–water partition coefficient (Wildman–Crippen LogP) is 1.74. The zero-order valence-corrected chi connectivity index (χ0v) is 11.3. The predicted molar refractivity (Wildman–Crippen MR) is 74.7 cm³/mol. The third kappa shape index (κ3) is 5.49. The monoisotopic (exact) mass is 252 g/mol. The summed E-state index contributed by atoms with van der Waals surface area (Å²) in [6, 6.07) is 0. The van der Waals surface area contributed by atoms with Crippen LogP contribution in [0.25, 0.3) is 0 Å². The van der Waals surface area contributed by atoms with Crippen LogP contribution in [0.1, 0.15) is 17.1 Å². The van der Waals surface area contributed by atoms with Crippen LogP contribution in [0.4, 0.5) is 0 Å². The number of rotatable bonds is 6. The highest BCUT2D eigenvalue weighted by Gasteiger charge is 1.99. The maximum absolute atomic E-state index is 4.43. The second-order valence-electron chi connectivity index (χ2n) is 3.65. The second-order valence-corrected chi connectivity index (χ2v) is 4.60. The van der Waals surface area contributed by atoms with Gasteiger partial charge in [-0.1, -0.05) is 6.08 Å². The van der Waals surface area contributed by atoms with Crippen molar-refractivity contribution in [1.29, 1.82) is 0 Å². The first-order valence-corrected chi connectivity index (χ1v) is 6.60. The Hall–Kier alpha value is -1.36. The van der Waals surface area contributed by atoms with Gasteiger partial charge in [0.2, 0.25) is 0 Å². The molecule has 4 nitrogen and oxygen atoms in total. The minimum absolute atomic E-state index is 0.728. The van der Waals surface area contributed by atoms with Gasteiger partial charge in [-0.15, -0.1) is 17.9 Å². The molecule has 17 heavy (non-hydrogen) atoms. The Kier molecular flexibility index (Phi) is 6.32. The summed E-state index contributed by atoms with van der Waals surface area (Å²) in [6.45, 7) is 7.31. The van der Waals surface area contributed by atoms with Gasteiger partial charge in [0.15, 0.2) is 5.96 Å². The van der Waals surface area contributed by atoms with Crippen molar-refractivity contribution in [1.82, 2.24) is 15.6 Å². The lowest BCUT2D eigenvalue weighted by Gasteiger charge is -2.09. The Morgan fingerprint density at radius 2 is 2.41 bits per heavy atom. The third-order valence-corrected chi connectivity index (χ3v) is 3.19. The highest BCUT2D eigenvalue weighted by atomic mass is 32.1. The highest BCUT2D eigenvalue weighted by molar-refractivity contribution is 7.09. The normalized spacial score (nSPS) is 11.3. The van der Waals surface area contributed by atoms with E-state index in [1.54, 1.807) is 18.4 Å². The zero-order valence-electron chi connectivity index (χ0n) is 10.5. The largest absolute Gasteiger partial charge is 0.356 e. The minimum atomic E-state index is 0.728. The van der Waals surface area contributed by atoms with Crippen LogP contribution in [0, 0.1) is 6.92 Å². The SMILES string of the molecule is C=CCNC(=NC)NCCCc1nc(C)cs1. The molecule has 0 aromatic carbocycles. The van der Waals surface area contributed by atoms with E-state index in [9.17, 15) is 0 Å².